The standard InChI is InChI=1S/C18H29FN4O.HI/c1-15(2)7-13-24-14-8-21-18(20)23-11-9-22(10-12-23)17-5-3-16(19)4-6-17;/h3-6,15H,7-14H2,1-2H3,(H2,20,21);1H. The molecule has 0 spiro atoms. The van der Waals surface area contributed by atoms with Gasteiger partial charge in [0.05, 0.1) is 13.2 Å². The van der Waals surface area contributed by atoms with Gasteiger partial charge in [0.2, 0.25) is 0 Å². The number of nitrogens with two attached hydrogens (primary N) is 1. The molecule has 0 saturated carbocycles. The van der Waals surface area contributed by atoms with E-state index >= 15 is 0 Å². The second-order valence-corrected chi connectivity index (χ2v) is 6.49. The number of nitrogens with zero attached hydrogens (tertiary/aromatic N) is 3. The number of halogens is 2. The average molecular weight is 464 g/mol. The predicted octanol–water partition coefficient (Wildman–Crippen LogP) is 2.94. The van der Waals surface area contributed by atoms with Gasteiger partial charge in [0.25, 0.3) is 0 Å². The molecule has 0 bridgehead atoms. The van der Waals surface area contributed by atoms with Gasteiger partial charge in [-0.3, -0.25) is 4.99 Å². The van der Waals surface area contributed by atoms with E-state index < -0.39 is 0 Å². The summed E-state index contributed by atoms with van der Waals surface area (Å²) in [5.41, 5.74) is 7.11. The smallest absolute Gasteiger partial charge is 0.191 e. The van der Waals surface area contributed by atoms with Crippen LogP contribution in [0.4, 0.5) is 10.1 Å². The zero-order valence-corrected chi connectivity index (χ0v) is 17.5. The van der Waals surface area contributed by atoms with E-state index in [2.05, 4.69) is 28.6 Å². The van der Waals surface area contributed by atoms with Gasteiger partial charge in [-0.25, -0.2) is 4.39 Å². The van der Waals surface area contributed by atoms with Crippen molar-refractivity contribution in [1.29, 1.82) is 0 Å². The Morgan fingerprint density at radius 3 is 2.40 bits per heavy atom. The van der Waals surface area contributed by atoms with Gasteiger partial charge in [-0.15, -0.1) is 24.0 Å². The summed E-state index contributed by atoms with van der Waals surface area (Å²) in [7, 11) is 0. The largest absolute Gasteiger partial charge is 0.380 e. The number of piperazine rings is 1. The summed E-state index contributed by atoms with van der Waals surface area (Å²) >= 11 is 0. The highest BCUT2D eigenvalue weighted by molar-refractivity contribution is 14.0. The number of hydrogen-bond acceptors (Lipinski definition) is 3. The minimum atomic E-state index is -0.204. The van der Waals surface area contributed by atoms with E-state index in [1.807, 2.05) is 12.1 Å². The van der Waals surface area contributed by atoms with Gasteiger partial charge in [-0.1, -0.05) is 13.8 Å². The molecule has 1 saturated heterocycles. The molecule has 2 N–H and O–H groups in total. The van der Waals surface area contributed by atoms with Crippen molar-refractivity contribution in [2.24, 2.45) is 16.6 Å². The zero-order chi connectivity index (χ0) is 17.4. The summed E-state index contributed by atoms with van der Waals surface area (Å²) in [6.07, 6.45) is 1.07. The minimum absolute atomic E-state index is 0. The highest BCUT2D eigenvalue weighted by Crippen LogP contribution is 2.16. The zero-order valence-electron chi connectivity index (χ0n) is 15.2. The van der Waals surface area contributed by atoms with Crippen LogP contribution in [0.5, 0.6) is 0 Å². The molecule has 2 rings (SSSR count). The number of hydrogen-bond donors (Lipinski definition) is 1. The number of anilines is 1. The Hall–Kier alpha value is -1.09. The summed E-state index contributed by atoms with van der Waals surface area (Å²) in [6, 6.07) is 6.63. The van der Waals surface area contributed by atoms with Crippen LogP contribution in [0.25, 0.3) is 0 Å². The van der Waals surface area contributed by atoms with E-state index in [1.54, 1.807) is 0 Å². The Balaban J connectivity index is 0.00000312. The molecule has 142 valence electrons. The van der Waals surface area contributed by atoms with Crippen LogP contribution in [0.3, 0.4) is 0 Å². The lowest BCUT2D eigenvalue weighted by molar-refractivity contribution is 0.130. The van der Waals surface area contributed by atoms with Crippen molar-refractivity contribution in [1.82, 2.24) is 4.90 Å². The van der Waals surface area contributed by atoms with E-state index in [-0.39, 0.29) is 29.8 Å². The first-order chi connectivity index (χ1) is 11.6. The highest BCUT2D eigenvalue weighted by Gasteiger charge is 2.18. The van der Waals surface area contributed by atoms with Gasteiger partial charge in [-0.2, -0.15) is 0 Å². The van der Waals surface area contributed by atoms with Crippen LogP contribution in [-0.2, 0) is 4.74 Å². The van der Waals surface area contributed by atoms with Crippen molar-refractivity contribution in [2.75, 3.05) is 50.8 Å². The molecule has 0 aromatic heterocycles. The van der Waals surface area contributed by atoms with Crippen LogP contribution < -0.4 is 10.6 Å². The molecular weight excluding hydrogens is 434 g/mol. The predicted molar refractivity (Wildman–Crippen MR) is 112 cm³/mol. The van der Waals surface area contributed by atoms with Crippen LogP contribution in [0.1, 0.15) is 20.3 Å². The van der Waals surface area contributed by atoms with Crippen molar-refractivity contribution < 1.29 is 9.13 Å². The fraction of sp³-hybridized carbons (Fsp3) is 0.611. The number of benzene rings is 1. The highest BCUT2D eigenvalue weighted by atomic mass is 127. The molecule has 1 fully saturated rings. The number of aliphatic imine (C=N–C) groups is 1. The summed E-state index contributed by atoms with van der Waals surface area (Å²) < 4.78 is 18.5. The van der Waals surface area contributed by atoms with Crippen LogP contribution in [0.2, 0.25) is 0 Å². The summed E-state index contributed by atoms with van der Waals surface area (Å²) in [5.74, 6) is 1.04. The van der Waals surface area contributed by atoms with E-state index in [9.17, 15) is 4.39 Å². The number of rotatable bonds is 7. The van der Waals surface area contributed by atoms with Gasteiger partial charge in [0.15, 0.2) is 5.96 Å². The summed E-state index contributed by atoms with van der Waals surface area (Å²) in [5, 5.41) is 0. The molecule has 1 aliphatic rings. The molecule has 0 atom stereocenters. The van der Waals surface area contributed by atoms with Crippen molar-refractivity contribution >= 4 is 35.6 Å². The van der Waals surface area contributed by atoms with E-state index in [0.717, 1.165) is 44.9 Å². The molecule has 0 unspecified atom stereocenters. The van der Waals surface area contributed by atoms with E-state index in [4.69, 9.17) is 10.5 Å². The van der Waals surface area contributed by atoms with Gasteiger partial charge < -0.3 is 20.3 Å². The molecule has 1 aromatic rings. The van der Waals surface area contributed by atoms with Crippen LogP contribution in [0.15, 0.2) is 29.3 Å². The molecule has 1 aromatic carbocycles. The van der Waals surface area contributed by atoms with E-state index in [1.165, 1.54) is 12.1 Å². The maximum Gasteiger partial charge on any atom is 0.191 e. The molecule has 0 aliphatic carbocycles. The molecule has 0 amide bonds. The second-order valence-electron chi connectivity index (χ2n) is 6.49. The fourth-order valence-corrected chi connectivity index (χ4v) is 2.59. The Bertz CT molecular complexity index is 516. The maximum atomic E-state index is 13.0. The van der Waals surface area contributed by atoms with Gasteiger partial charge in [-0.05, 0) is 36.6 Å². The molecule has 5 nitrogen and oxygen atoms in total. The third kappa shape index (κ3) is 7.77. The Morgan fingerprint density at radius 1 is 1.16 bits per heavy atom. The summed E-state index contributed by atoms with van der Waals surface area (Å²) in [6.45, 7) is 9.71. The summed E-state index contributed by atoms with van der Waals surface area (Å²) in [4.78, 5) is 8.73. The molecule has 1 aliphatic heterocycles. The molecule has 1 heterocycles. The Labute approximate surface area is 167 Å². The lowest BCUT2D eigenvalue weighted by Crippen LogP contribution is -2.51. The van der Waals surface area contributed by atoms with Gasteiger partial charge in [0, 0.05) is 38.5 Å². The topological polar surface area (TPSA) is 54.1 Å². The van der Waals surface area contributed by atoms with Crippen molar-refractivity contribution in [3.63, 3.8) is 0 Å². The Kier molecular flexibility index (Phi) is 10.1. The van der Waals surface area contributed by atoms with E-state index in [0.29, 0.717) is 25.0 Å². The van der Waals surface area contributed by atoms with Gasteiger partial charge in [0.1, 0.15) is 5.82 Å². The maximum absolute atomic E-state index is 13.0. The first kappa shape index (κ1) is 22.0. The molecule has 7 heteroatoms. The normalized spacial score (nSPS) is 15.4. The molecule has 0 radical (unpaired) electrons. The SMILES string of the molecule is CC(C)CCOCCN=C(N)N1CCN(c2ccc(F)cc2)CC1.I. The molecular formula is C18H30FIN4O. The van der Waals surface area contributed by atoms with Crippen molar-refractivity contribution in [3.8, 4) is 0 Å². The number of ether oxygens (including phenoxy) is 1. The second kappa shape index (κ2) is 11.5. The first-order valence-electron chi connectivity index (χ1n) is 8.69. The lowest BCUT2D eigenvalue weighted by atomic mass is 10.1. The fourth-order valence-electron chi connectivity index (χ4n) is 2.59. The quantitative estimate of drug-likeness (QED) is 0.292. The van der Waals surface area contributed by atoms with Crippen molar-refractivity contribution in [2.45, 2.75) is 20.3 Å². The monoisotopic (exact) mass is 464 g/mol. The lowest BCUT2D eigenvalue weighted by Gasteiger charge is -2.36. The minimum Gasteiger partial charge on any atom is -0.380 e. The van der Waals surface area contributed by atoms with Crippen LogP contribution in [0, 0.1) is 11.7 Å². The number of guanidine groups is 1. The third-order valence-corrected chi connectivity index (χ3v) is 4.14. The van der Waals surface area contributed by atoms with Crippen LogP contribution in [-0.4, -0.2) is 56.8 Å². The molecule has 25 heavy (non-hydrogen) atoms. The van der Waals surface area contributed by atoms with Crippen molar-refractivity contribution in [3.05, 3.63) is 30.1 Å². The Morgan fingerprint density at radius 2 is 1.80 bits per heavy atom. The average Bonchev–Trinajstić information content (AvgIpc) is 2.58. The first-order valence-corrected chi connectivity index (χ1v) is 8.69. The van der Waals surface area contributed by atoms with Crippen LogP contribution >= 0.6 is 24.0 Å². The third-order valence-electron chi connectivity index (χ3n) is 4.14. The van der Waals surface area contributed by atoms with Gasteiger partial charge >= 0.3 is 0 Å².